The summed E-state index contributed by atoms with van der Waals surface area (Å²) in [5.41, 5.74) is 2.96. The Labute approximate surface area is 108 Å². The average Bonchev–Trinajstić information content (AvgIpc) is 2.79. The number of rotatable bonds is 3. The van der Waals surface area contributed by atoms with Gasteiger partial charge in [0, 0.05) is 0 Å². The van der Waals surface area contributed by atoms with E-state index in [0.717, 1.165) is 48.1 Å². The molecule has 0 bridgehead atoms. The second-order valence-corrected chi connectivity index (χ2v) is 5.03. The van der Waals surface area contributed by atoms with Crippen LogP contribution in [0, 0.1) is 13.8 Å². The van der Waals surface area contributed by atoms with E-state index in [0.29, 0.717) is 0 Å². The first-order valence-electron chi connectivity index (χ1n) is 6.38. The third-order valence-corrected chi connectivity index (χ3v) is 4.00. The summed E-state index contributed by atoms with van der Waals surface area (Å²) >= 11 is 0. The summed E-state index contributed by atoms with van der Waals surface area (Å²) in [4.78, 5) is 14.9. The SMILES string of the molecule is COc1c(C)ccc(C2(N=C=O)CCCC2)c1C. The molecular formula is C15H19NO2. The number of ether oxygens (including phenoxy) is 1. The minimum absolute atomic E-state index is 0.368. The standard InChI is InChI=1S/C15H19NO2/c1-11-6-7-13(12(2)14(11)18-3)15(16-10-17)8-4-5-9-15/h6-7H,4-5,8-9H2,1-3H3. The van der Waals surface area contributed by atoms with Crippen LogP contribution in [0.5, 0.6) is 5.75 Å². The molecule has 0 aromatic heterocycles. The van der Waals surface area contributed by atoms with Crippen LogP contribution in [0.3, 0.4) is 0 Å². The summed E-state index contributed by atoms with van der Waals surface area (Å²) in [5.74, 6) is 0.903. The van der Waals surface area contributed by atoms with E-state index in [2.05, 4.69) is 11.1 Å². The predicted octanol–water partition coefficient (Wildman–Crippen LogP) is 3.42. The van der Waals surface area contributed by atoms with Crippen molar-refractivity contribution in [3.8, 4) is 5.75 Å². The number of methoxy groups -OCH3 is 1. The molecule has 0 amide bonds. The number of benzene rings is 1. The second-order valence-electron chi connectivity index (χ2n) is 5.03. The Bertz CT molecular complexity index is 495. The molecule has 1 aliphatic rings. The molecule has 0 heterocycles. The molecule has 2 rings (SSSR count). The van der Waals surface area contributed by atoms with E-state index < -0.39 is 0 Å². The van der Waals surface area contributed by atoms with Crippen molar-refractivity contribution in [3.63, 3.8) is 0 Å². The van der Waals surface area contributed by atoms with E-state index in [1.54, 1.807) is 13.2 Å². The minimum Gasteiger partial charge on any atom is -0.496 e. The number of aryl methyl sites for hydroxylation is 1. The van der Waals surface area contributed by atoms with E-state index in [4.69, 9.17) is 4.74 Å². The van der Waals surface area contributed by atoms with Gasteiger partial charge in [-0.3, -0.25) is 0 Å². The molecule has 0 N–H and O–H groups in total. The van der Waals surface area contributed by atoms with E-state index in [-0.39, 0.29) is 5.54 Å². The van der Waals surface area contributed by atoms with Crippen molar-refractivity contribution < 1.29 is 9.53 Å². The van der Waals surface area contributed by atoms with Crippen LogP contribution < -0.4 is 4.74 Å². The third kappa shape index (κ3) is 1.95. The van der Waals surface area contributed by atoms with Gasteiger partial charge in [-0.15, -0.1) is 0 Å². The van der Waals surface area contributed by atoms with Gasteiger partial charge in [0.25, 0.3) is 0 Å². The summed E-state index contributed by atoms with van der Waals surface area (Å²) in [5, 5.41) is 0. The van der Waals surface area contributed by atoms with Gasteiger partial charge in [-0.1, -0.05) is 25.0 Å². The molecule has 0 radical (unpaired) electrons. The number of nitrogens with zero attached hydrogens (tertiary/aromatic N) is 1. The molecule has 0 atom stereocenters. The van der Waals surface area contributed by atoms with Crippen LogP contribution in [0.1, 0.15) is 42.4 Å². The molecule has 1 aromatic carbocycles. The highest BCUT2D eigenvalue weighted by molar-refractivity contribution is 5.50. The molecule has 0 spiro atoms. The molecule has 0 saturated heterocycles. The summed E-state index contributed by atoms with van der Waals surface area (Å²) in [6.45, 7) is 4.07. The fourth-order valence-corrected chi connectivity index (χ4v) is 3.13. The van der Waals surface area contributed by atoms with Crippen molar-refractivity contribution in [1.82, 2.24) is 0 Å². The fourth-order valence-electron chi connectivity index (χ4n) is 3.13. The highest BCUT2D eigenvalue weighted by Gasteiger charge is 2.37. The quantitative estimate of drug-likeness (QED) is 0.604. The monoisotopic (exact) mass is 245 g/mol. The molecule has 1 aliphatic carbocycles. The normalized spacial score (nSPS) is 17.3. The highest BCUT2D eigenvalue weighted by atomic mass is 16.5. The van der Waals surface area contributed by atoms with Crippen molar-refractivity contribution in [3.05, 3.63) is 28.8 Å². The van der Waals surface area contributed by atoms with Crippen LogP contribution in [-0.4, -0.2) is 13.2 Å². The van der Waals surface area contributed by atoms with Crippen LogP contribution in [0.25, 0.3) is 0 Å². The molecule has 0 unspecified atom stereocenters. The van der Waals surface area contributed by atoms with E-state index >= 15 is 0 Å². The van der Waals surface area contributed by atoms with Gasteiger partial charge in [-0.2, -0.15) is 4.99 Å². The van der Waals surface area contributed by atoms with Crippen molar-refractivity contribution >= 4 is 6.08 Å². The molecule has 3 nitrogen and oxygen atoms in total. The predicted molar refractivity (Wildman–Crippen MR) is 70.7 cm³/mol. The van der Waals surface area contributed by atoms with Gasteiger partial charge in [0.2, 0.25) is 6.08 Å². The third-order valence-electron chi connectivity index (χ3n) is 4.00. The minimum atomic E-state index is -0.368. The molecule has 96 valence electrons. The van der Waals surface area contributed by atoms with Crippen molar-refractivity contribution in [2.75, 3.05) is 7.11 Å². The Morgan fingerprint density at radius 3 is 2.50 bits per heavy atom. The molecule has 0 aliphatic heterocycles. The smallest absolute Gasteiger partial charge is 0.235 e. The molecule has 1 saturated carbocycles. The molecule has 1 fully saturated rings. The van der Waals surface area contributed by atoms with Crippen molar-refractivity contribution in [2.45, 2.75) is 45.1 Å². The number of isocyanates is 1. The first-order chi connectivity index (χ1) is 8.64. The Morgan fingerprint density at radius 1 is 1.28 bits per heavy atom. The van der Waals surface area contributed by atoms with Gasteiger partial charge in [0.1, 0.15) is 5.75 Å². The summed E-state index contributed by atoms with van der Waals surface area (Å²) in [6.07, 6.45) is 5.84. The number of hydrogen-bond acceptors (Lipinski definition) is 3. The van der Waals surface area contributed by atoms with Gasteiger partial charge < -0.3 is 4.74 Å². The zero-order valence-electron chi connectivity index (χ0n) is 11.2. The Balaban J connectivity index is 2.59. The first-order valence-corrected chi connectivity index (χ1v) is 6.38. The number of hydrogen-bond donors (Lipinski definition) is 0. The van der Waals surface area contributed by atoms with Crippen LogP contribution >= 0.6 is 0 Å². The Kier molecular flexibility index (Phi) is 3.53. The van der Waals surface area contributed by atoms with Crippen molar-refractivity contribution in [2.24, 2.45) is 4.99 Å². The lowest BCUT2D eigenvalue weighted by molar-refractivity contribution is 0.401. The van der Waals surface area contributed by atoms with E-state index in [9.17, 15) is 4.79 Å². The van der Waals surface area contributed by atoms with E-state index in [1.807, 2.05) is 19.9 Å². The summed E-state index contributed by atoms with van der Waals surface area (Å²) < 4.78 is 5.46. The fraction of sp³-hybridized carbons (Fsp3) is 0.533. The maximum Gasteiger partial charge on any atom is 0.235 e. The van der Waals surface area contributed by atoms with Crippen LogP contribution in [0.4, 0.5) is 0 Å². The molecule has 3 heteroatoms. The zero-order valence-corrected chi connectivity index (χ0v) is 11.2. The summed E-state index contributed by atoms with van der Waals surface area (Å²) in [7, 11) is 1.68. The maximum atomic E-state index is 10.7. The van der Waals surface area contributed by atoms with Gasteiger partial charge in [0.05, 0.1) is 12.6 Å². The van der Waals surface area contributed by atoms with Gasteiger partial charge >= 0.3 is 0 Å². The Hall–Kier alpha value is -1.60. The lowest BCUT2D eigenvalue weighted by atomic mass is 9.85. The largest absolute Gasteiger partial charge is 0.496 e. The van der Waals surface area contributed by atoms with E-state index in [1.165, 1.54) is 0 Å². The zero-order chi connectivity index (χ0) is 13.2. The van der Waals surface area contributed by atoms with Crippen LogP contribution in [-0.2, 0) is 10.3 Å². The highest BCUT2D eigenvalue weighted by Crippen LogP contribution is 2.45. The second kappa shape index (κ2) is 4.95. The van der Waals surface area contributed by atoms with Gasteiger partial charge in [0.15, 0.2) is 0 Å². The lowest BCUT2D eigenvalue weighted by Gasteiger charge is -2.26. The molecular weight excluding hydrogens is 226 g/mol. The average molecular weight is 245 g/mol. The van der Waals surface area contributed by atoms with Crippen LogP contribution in [0.15, 0.2) is 17.1 Å². The molecule has 18 heavy (non-hydrogen) atoms. The first kappa shape index (κ1) is 12.8. The van der Waals surface area contributed by atoms with Gasteiger partial charge in [-0.05, 0) is 43.4 Å². The summed E-state index contributed by atoms with van der Waals surface area (Å²) in [6, 6.07) is 4.13. The maximum absolute atomic E-state index is 10.7. The number of aliphatic imine (C=N–C) groups is 1. The van der Waals surface area contributed by atoms with Gasteiger partial charge in [-0.25, -0.2) is 4.79 Å². The Morgan fingerprint density at radius 2 is 1.94 bits per heavy atom. The topological polar surface area (TPSA) is 38.7 Å². The lowest BCUT2D eigenvalue weighted by Crippen LogP contribution is -2.20. The molecule has 1 aromatic rings. The van der Waals surface area contributed by atoms with Crippen molar-refractivity contribution in [1.29, 1.82) is 0 Å². The number of carbonyl (C=O) groups excluding carboxylic acids is 1. The van der Waals surface area contributed by atoms with Crippen LogP contribution in [0.2, 0.25) is 0 Å².